The van der Waals surface area contributed by atoms with Gasteiger partial charge < -0.3 is 19.1 Å². The highest BCUT2D eigenvalue weighted by Crippen LogP contribution is 2.31. The molecular formula is C24H28N2O5. The van der Waals surface area contributed by atoms with Gasteiger partial charge in [-0.2, -0.15) is 0 Å². The maximum atomic E-state index is 13.0. The maximum absolute atomic E-state index is 13.0. The molecule has 164 valence electrons. The first-order valence-corrected chi connectivity index (χ1v) is 9.99. The minimum Gasteiger partial charge on any atom is -0.497 e. The van der Waals surface area contributed by atoms with Gasteiger partial charge in [0.05, 0.1) is 21.3 Å². The number of hydrogen-bond acceptors (Lipinski definition) is 6. The lowest BCUT2D eigenvalue weighted by Gasteiger charge is -2.31. The topological polar surface area (TPSA) is 77.1 Å². The number of amides is 1. The molecule has 0 aromatic heterocycles. The molecular weight excluding hydrogens is 396 g/mol. The van der Waals surface area contributed by atoms with Crippen molar-refractivity contribution in [1.82, 2.24) is 10.2 Å². The number of esters is 1. The molecule has 0 aliphatic carbocycles. The van der Waals surface area contributed by atoms with Gasteiger partial charge in [-0.1, -0.05) is 30.3 Å². The summed E-state index contributed by atoms with van der Waals surface area (Å²) in [6.45, 7) is 4.08. The van der Waals surface area contributed by atoms with E-state index in [1.54, 1.807) is 32.1 Å². The molecule has 2 atom stereocenters. The fraction of sp³-hybridized carbons (Fsp3) is 0.333. The van der Waals surface area contributed by atoms with Gasteiger partial charge in [0.15, 0.2) is 0 Å². The zero-order valence-electron chi connectivity index (χ0n) is 18.5. The molecule has 0 saturated carbocycles. The van der Waals surface area contributed by atoms with Crippen LogP contribution in [0.2, 0.25) is 0 Å². The normalized spacial score (nSPS) is 17.0. The van der Waals surface area contributed by atoms with Crippen LogP contribution in [-0.4, -0.2) is 44.3 Å². The number of carbonyl (C=O) groups excluding carboxylic acids is 2. The van der Waals surface area contributed by atoms with E-state index in [2.05, 4.69) is 5.32 Å². The van der Waals surface area contributed by atoms with Crippen molar-refractivity contribution in [2.45, 2.75) is 32.6 Å². The lowest BCUT2D eigenvalue weighted by atomic mass is 10.0. The van der Waals surface area contributed by atoms with Crippen molar-refractivity contribution in [3.63, 3.8) is 0 Å². The molecule has 31 heavy (non-hydrogen) atoms. The van der Waals surface area contributed by atoms with E-state index in [4.69, 9.17) is 14.2 Å². The van der Waals surface area contributed by atoms with Crippen LogP contribution >= 0.6 is 0 Å². The van der Waals surface area contributed by atoms with Crippen molar-refractivity contribution >= 4 is 11.9 Å². The number of rotatable bonds is 8. The van der Waals surface area contributed by atoms with Crippen LogP contribution in [0.4, 0.5) is 0 Å². The molecule has 0 radical (unpaired) electrons. The van der Waals surface area contributed by atoms with Crippen LogP contribution in [0.5, 0.6) is 11.5 Å². The Morgan fingerprint density at radius 2 is 1.71 bits per heavy atom. The van der Waals surface area contributed by atoms with Crippen molar-refractivity contribution in [2.24, 2.45) is 0 Å². The first-order valence-electron chi connectivity index (χ1n) is 9.99. The summed E-state index contributed by atoms with van der Waals surface area (Å²) in [7, 11) is 4.51. The molecule has 0 unspecified atom stereocenters. The number of methoxy groups -OCH3 is 3. The van der Waals surface area contributed by atoms with Gasteiger partial charge in [-0.15, -0.1) is 0 Å². The molecule has 1 heterocycles. The van der Waals surface area contributed by atoms with Gasteiger partial charge in [-0.05, 0) is 43.2 Å². The van der Waals surface area contributed by atoms with Crippen molar-refractivity contribution in [1.29, 1.82) is 0 Å². The Morgan fingerprint density at radius 1 is 1.03 bits per heavy atom. The summed E-state index contributed by atoms with van der Waals surface area (Å²) in [5.74, 6) is 0.779. The second-order valence-corrected chi connectivity index (χ2v) is 7.36. The van der Waals surface area contributed by atoms with Crippen molar-refractivity contribution in [3.8, 4) is 11.5 Å². The number of para-hydroxylation sites is 1. The number of hydrogen-bond donors (Lipinski definition) is 1. The van der Waals surface area contributed by atoms with Gasteiger partial charge in [-0.25, -0.2) is 4.79 Å². The number of nitrogens with zero attached hydrogens (tertiary/aromatic N) is 1. The Labute approximate surface area is 182 Å². The summed E-state index contributed by atoms with van der Waals surface area (Å²) >= 11 is 0. The molecule has 1 amide bonds. The SMILES string of the molecule is COC(=O)[C@@H](N[C@H]1C(C)=C(C)C(=O)N1Cc1ccc(OC)cc1)c1ccccc1OC. The number of carbonyl (C=O) groups is 2. The third kappa shape index (κ3) is 4.56. The van der Waals surface area contributed by atoms with Crippen LogP contribution in [0.1, 0.15) is 31.0 Å². The van der Waals surface area contributed by atoms with Gasteiger partial charge in [0.1, 0.15) is 23.7 Å². The molecule has 0 fully saturated rings. The first kappa shape index (κ1) is 22.4. The summed E-state index contributed by atoms with van der Waals surface area (Å²) in [6, 6.07) is 14.0. The zero-order chi connectivity index (χ0) is 22.5. The van der Waals surface area contributed by atoms with Crippen molar-refractivity contribution in [2.75, 3.05) is 21.3 Å². The number of ether oxygens (including phenoxy) is 3. The molecule has 2 aromatic rings. The smallest absolute Gasteiger partial charge is 0.327 e. The lowest BCUT2D eigenvalue weighted by molar-refractivity contribution is -0.144. The lowest BCUT2D eigenvalue weighted by Crippen LogP contribution is -2.48. The van der Waals surface area contributed by atoms with Gasteiger partial charge in [-0.3, -0.25) is 10.1 Å². The number of benzene rings is 2. The minimum absolute atomic E-state index is 0.0746. The Kier molecular flexibility index (Phi) is 6.97. The van der Waals surface area contributed by atoms with E-state index < -0.39 is 18.2 Å². The highest BCUT2D eigenvalue weighted by molar-refractivity contribution is 5.97. The molecule has 1 aliphatic rings. The Hall–Kier alpha value is -3.32. The van der Waals surface area contributed by atoms with Gasteiger partial charge in [0, 0.05) is 17.7 Å². The molecule has 0 saturated heterocycles. The quantitative estimate of drug-likeness (QED) is 0.656. The second-order valence-electron chi connectivity index (χ2n) is 7.36. The summed E-state index contributed by atoms with van der Waals surface area (Å²) < 4.78 is 15.7. The predicted molar refractivity (Wildman–Crippen MR) is 117 cm³/mol. The highest BCUT2D eigenvalue weighted by atomic mass is 16.5. The first-order chi connectivity index (χ1) is 14.9. The second kappa shape index (κ2) is 9.66. The Bertz CT molecular complexity index is 984. The van der Waals surface area contributed by atoms with E-state index >= 15 is 0 Å². The van der Waals surface area contributed by atoms with Crippen LogP contribution in [0.3, 0.4) is 0 Å². The molecule has 2 aromatic carbocycles. The third-order valence-corrected chi connectivity index (χ3v) is 5.62. The summed E-state index contributed by atoms with van der Waals surface area (Å²) in [5, 5.41) is 3.33. The van der Waals surface area contributed by atoms with E-state index in [-0.39, 0.29) is 5.91 Å². The van der Waals surface area contributed by atoms with Gasteiger partial charge in [0.2, 0.25) is 0 Å². The maximum Gasteiger partial charge on any atom is 0.327 e. The van der Waals surface area contributed by atoms with Crippen LogP contribution in [0.25, 0.3) is 0 Å². The minimum atomic E-state index is -0.807. The molecule has 7 nitrogen and oxygen atoms in total. The predicted octanol–water partition coefficient (Wildman–Crippen LogP) is 3.21. The van der Waals surface area contributed by atoms with Crippen LogP contribution in [-0.2, 0) is 20.9 Å². The van der Waals surface area contributed by atoms with E-state index in [1.165, 1.54) is 7.11 Å². The average Bonchev–Trinajstić information content (AvgIpc) is 3.00. The number of nitrogens with one attached hydrogen (secondary N) is 1. The van der Waals surface area contributed by atoms with Crippen LogP contribution in [0, 0.1) is 0 Å². The molecule has 0 bridgehead atoms. The Balaban J connectivity index is 1.93. The standard InChI is InChI=1S/C24H28N2O5/c1-15-16(2)23(27)26(14-17-10-12-18(29-3)13-11-17)22(15)25-21(24(28)31-5)19-8-6-7-9-20(19)30-4/h6-13,21-22,25H,14H2,1-5H3/t21-,22+/m0/s1. The van der Waals surface area contributed by atoms with Crippen LogP contribution < -0.4 is 14.8 Å². The molecule has 7 heteroatoms. The van der Waals surface area contributed by atoms with E-state index in [0.717, 1.165) is 16.9 Å². The fourth-order valence-corrected chi connectivity index (χ4v) is 3.71. The molecule has 1 N–H and O–H groups in total. The highest BCUT2D eigenvalue weighted by Gasteiger charge is 2.38. The summed E-state index contributed by atoms with van der Waals surface area (Å²) in [6.07, 6.45) is -0.469. The Morgan fingerprint density at radius 3 is 2.32 bits per heavy atom. The molecule has 0 spiro atoms. The monoisotopic (exact) mass is 424 g/mol. The van der Waals surface area contributed by atoms with Gasteiger partial charge >= 0.3 is 5.97 Å². The molecule has 1 aliphatic heterocycles. The summed E-state index contributed by atoms with van der Waals surface area (Å²) in [5.41, 5.74) is 3.12. The fourth-order valence-electron chi connectivity index (χ4n) is 3.71. The largest absolute Gasteiger partial charge is 0.497 e. The van der Waals surface area contributed by atoms with Crippen molar-refractivity contribution in [3.05, 3.63) is 70.8 Å². The van der Waals surface area contributed by atoms with E-state index in [1.807, 2.05) is 49.4 Å². The zero-order valence-corrected chi connectivity index (χ0v) is 18.5. The summed E-state index contributed by atoms with van der Waals surface area (Å²) in [4.78, 5) is 27.4. The van der Waals surface area contributed by atoms with Gasteiger partial charge in [0.25, 0.3) is 5.91 Å². The molecule has 3 rings (SSSR count). The van der Waals surface area contributed by atoms with E-state index in [9.17, 15) is 9.59 Å². The third-order valence-electron chi connectivity index (χ3n) is 5.62. The van der Waals surface area contributed by atoms with E-state index in [0.29, 0.717) is 23.4 Å². The van der Waals surface area contributed by atoms with Crippen molar-refractivity contribution < 1.29 is 23.8 Å². The average molecular weight is 424 g/mol. The van der Waals surface area contributed by atoms with Crippen LogP contribution in [0.15, 0.2) is 59.7 Å².